The molecule has 0 aromatic rings. The first-order valence-electron chi connectivity index (χ1n) is 6.20. The molecule has 0 saturated carbocycles. The monoisotopic (exact) mass is 215 g/mol. The summed E-state index contributed by atoms with van der Waals surface area (Å²) < 4.78 is 0. The van der Waals surface area contributed by atoms with Crippen molar-refractivity contribution in [2.24, 2.45) is 11.3 Å². The van der Waals surface area contributed by atoms with Crippen LogP contribution in [0, 0.1) is 11.3 Å². The number of hydrogen-bond acceptors (Lipinski definition) is 2. The van der Waals surface area contributed by atoms with Crippen LogP contribution in [0.1, 0.15) is 53.9 Å². The van der Waals surface area contributed by atoms with Crippen LogP contribution in [0.3, 0.4) is 0 Å². The second-order valence-corrected chi connectivity index (χ2v) is 6.16. The summed E-state index contributed by atoms with van der Waals surface area (Å²) in [7, 11) is 0. The van der Waals surface area contributed by atoms with Crippen molar-refractivity contribution in [3.8, 4) is 0 Å². The maximum atomic E-state index is 9.73. The molecule has 0 aliphatic carbocycles. The molecule has 0 heterocycles. The van der Waals surface area contributed by atoms with Crippen molar-refractivity contribution < 1.29 is 5.11 Å². The van der Waals surface area contributed by atoms with Crippen LogP contribution < -0.4 is 5.32 Å². The van der Waals surface area contributed by atoms with Crippen LogP contribution in [0.2, 0.25) is 0 Å². The Kier molecular flexibility index (Phi) is 7.20. The van der Waals surface area contributed by atoms with Crippen molar-refractivity contribution in [3.05, 3.63) is 0 Å². The summed E-state index contributed by atoms with van der Waals surface area (Å²) in [5, 5.41) is 13.0. The third-order valence-electron chi connectivity index (χ3n) is 2.36. The quantitative estimate of drug-likeness (QED) is 0.640. The number of aliphatic hydroxyl groups excluding tert-OH is 1. The molecule has 2 N–H and O–H groups in total. The molecular formula is C13H29NO. The fourth-order valence-electron chi connectivity index (χ4n) is 1.68. The Labute approximate surface area is 95.5 Å². The van der Waals surface area contributed by atoms with E-state index < -0.39 is 0 Å². The van der Waals surface area contributed by atoms with Gasteiger partial charge in [0.05, 0.1) is 6.10 Å². The third kappa shape index (κ3) is 11.8. The molecule has 0 rings (SSSR count). The topological polar surface area (TPSA) is 32.3 Å². The zero-order valence-corrected chi connectivity index (χ0v) is 11.1. The van der Waals surface area contributed by atoms with E-state index in [9.17, 15) is 5.11 Å². The highest BCUT2D eigenvalue weighted by Crippen LogP contribution is 2.20. The van der Waals surface area contributed by atoms with Crippen molar-refractivity contribution in [2.75, 3.05) is 13.1 Å². The van der Waals surface area contributed by atoms with Gasteiger partial charge >= 0.3 is 0 Å². The zero-order valence-electron chi connectivity index (χ0n) is 11.1. The minimum absolute atomic E-state index is 0.205. The van der Waals surface area contributed by atoms with E-state index in [2.05, 4.69) is 39.9 Å². The van der Waals surface area contributed by atoms with Crippen molar-refractivity contribution in [1.82, 2.24) is 5.32 Å². The lowest BCUT2D eigenvalue weighted by Gasteiger charge is -2.22. The number of nitrogens with one attached hydrogen (secondary N) is 1. The van der Waals surface area contributed by atoms with Gasteiger partial charge in [-0.3, -0.25) is 0 Å². The van der Waals surface area contributed by atoms with Crippen molar-refractivity contribution in [3.63, 3.8) is 0 Å². The van der Waals surface area contributed by atoms with Gasteiger partial charge in [0.2, 0.25) is 0 Å². The molecule has 92 valence electrons. The molecule has 0 aliphatic heterocycles. The molecule has 0 radical (unpaired) electrons. The number of hydrogen-bond donors (Lipinski definition) is 2. The smallest absolute Gasteiger partial charge is 0.0669 e. The second kappa shape index (κ2) is 7.24. The van der Waals surface area contributed by atoms with E-state index in [0.717, 1.165) is 25.4 Å². The normalized spacial score (nSPS) is 14.6. The van der Waals surface area contributed by atoms with E-state index in [0.29, 0.717) is 0 Å². The summed E-state index contributed by atoms with van der Waals surface area (Å²) in [6, 6.07) is 0. The molecule has 0 saturated heterocycles. The van der Waals surface area contributed by atoms with Crippen LogP contribution in [0.5, 0.6) is 0 Å². The van der Waals surface area contributed by atoms with E-state index in [1.54, 1.807) is 0 Å². The van der Waals surface area contributed by atoms with Crippen molar-refractivity contribution in [1.29, 1.82) is 0 Å². The van der Waals surface area contributed by atoms with Gasteiger partial charge in [0.1, 0.15) is 0 Å². The first-order valence-corrected chi connectivity index (χ1v) is 6.20. The van der Waals surface area contributed by atoms with Gasteiger partial charge in [0.25, 0.3) is 0 Å². The highest BCUT2D eigenvalue weighted by Gasteiger charge is 2.15. The Bertz CT molecular complexity index is 149. The van der Waals surface area contributed by atoms with Crippen LogP contribution in [0.25, 0.3) is 0 Å². The van der Waals surface area contributed by atoms with E-state index in [4.69, 9.17) is 0 Å². The lowest BCUT2D eigenvalue weighted by molar-refractivity contribution is 0.120. The second-order valence-electron chi connectivity index (χ2n) is 6.16. The average molecular weight is 215 g/mol. The molecule has 1 unspecified atom stereocenters. The van der Waals surface area contributed by atoms with Gasteiger partial charge in [-0.25, -0.2) is 0 Å². The van der Waals surface area contributed by atoms with E-state index in [-0.39, 0.29) is 11.5 Å². The van der Waals surface area contributed by atoms with Crippen molar-refractivity contribution >= 4 is 0 Å². The van der Waals surface area contributed by atoms with Crippen LogP contribution in [0.4, 0.5) is 0 Å². The molecule has 0 amide bonds. The van der Waals surface area contributed by atoms with Gasteiger partial charge in [-0.1, -0.05) is 34.6 Å². The van der Waals surface area contributed by atoms with E-state index in [1.165, 1.54) is 12.8 Å². The SMILES string of the molecule is CC(C)CCCNCC(O)CC(C)(C)C. The highest BCUT2D eigenvalue weighted by molar-refractivity contribution is 4.69. The summed E-state index contributed by atoms with van der Waals surface area (Å²) in [4.78, 5) is 0. The van der Waals surface area contributed by atoms with Crippen LogP contribution >= 0.6 is 0 Å². The predicted octanol–water partition coefficient (Wildman–Crippen LogP) is 2.81. The van der Waals surface area contributed by atoms with Crippen LogP contribution in [-0.2, 0) is 0 Å². The molecule has 0 aliphatic rings. The standard InChI is InChI=1S/C13H29NO/c1-11(2)7-6-8-14-10-12(15)9-13(3,4)5/h11-12,14-15H,6-10H2,1-5H3. The molecule has 0 aromatic heterocycles. The van der Waals surface area contributed by atoms with E-state index in [1.807, 2.05) is 0 Å². The number of aliphatic hydroxyl groups is 1. The van der Waals surface area contributed by atoms with Gasteiger partial charge < -0.3 is 10.4 Å². The highest BCUT2D eigenvalue weighted by atomic mass is 16.3. The maximum Gasteiger partial charge on any atom is 0.0669 e. The Morgan fingerprint density at radius 2 is 1.80 bits per heavy atom. The Morgan fingerprint density at radius 1 is 1.20 bits per heavy atom. The van der Waals surface area contributed by atoms with Gasteiger partial charge in [-0.2, -0.15) is 0 Å². The summed E-state index contributed by atoms with van der Waals surface area (Å²) >= 11 is 0. The first kappa shape index (κ1) is 14.9. The lowest BCUT2D eigenvalue weighted by Crippen LogP contribution is -2.30. The van der Waals surface area contributed by atoms with Gasteiger partial charge in [0, 0.05) is 6.54 Å². The molecule has 2 heteroatoms. The molecule has 2 nitrogen and oxygen atoms in total. The molecule has 0 fully saturated rings. The van der Waals surface area contributed by atoms with Crippen LogP contribution in [0.15, 0.2) is 0 Å². The van der Waals surface area contributed by atoms with Gasteiger partial charge in [-0.15, -0.1) is 0 Å². The minimum Gasteiger partial charge on any atom is -0.392 e. The minimum atomic E-state index is -0.205. The fraction of sp³-hybridized carbons (Fsp3) is 1.00. The Morgan fingerprint density at radius 3 is 2.27 bits per heavy atom. The van der Waals surface area contributed by atoms with E-state index >= 15 is 0 Å². The average Bonchev–Trinajstić information content (AvgIpc) is 1.99. The van der Waals surface area contributed by atoms with Crippen LogP contribution in [-0.4, -0.2) is 24.3 Å². The molecule has 0 aromatic carbocycles. The largest absolute Gasteiger partial charge is 0.392 e. The maximum absolute atomic E-state index is 9.73. The number of rotatable bonds is 7. The molecular weight excluding hydrogens is 186 g/mol. The third-order valence-corrected chi connectivity index (χ3v) is 2.36. The first-order chi connectivity index (χ1) is 6.81. The molecule has 0 spiro atoms. The Balaban J connectivity index is 3.36. The molecule has 0 bridgehead atoms. The Hall–Kier alpha value is -0.0800. The predicted molar refractivity (Wildman–Crippen MR) is 67.0 cm³/mol. The summed E-state index contributed by atoms with van der Waals surface area (Å²) in [6.45, 7) is 12.7. The van der Waals surface area contributed by atoms with Gasteiger partial charge in [0.15, 0.2) is 0 Å². The van der Waals surface area contributed by atoms with Gasteiger partial charge in [-0.05, 0) is 37.1 Å². The fourth-order valence-corrected chi connectivity index (χ4v) is 1.68. The lowest BCUT2D eigenvalue weighted by atomic mass is 9.89. The molecule has 1 atom stereocenters. The van der Waals surface area contributed by atoms with Crippen molar-refractivity contribution in [2.45, 2.75) is 60.0 Å². The zero-order chi connectivity index (χ0) is 11.9. The summed E-state index contributed by atoms with van der Waals surface area (Å²) in [5.74, 6) is 0.784. The summed E-state index contributed by atoms with van der Waals surface area (Å²) in [5.41, 5.74) is 0.221. The summed E-state index contributed by atoms with van der Waals surface area (Å²) in [6.07, 6.45) is 3.14. The molecule has 15 heavy (non-hydrogen) atoms.